The first-order chi connectivity index (χ1) is 12.4. The molecule has 4 rings (SSSR count). The molecule has 2 atom stereocenters. The number of hydrogen-bond donors (Lipinski definition) is 1. The summed E-state index contributed by atoms with van der Waals surface area (Å²) in [5.41, 5.74) is 0.982. The molecule has 8 heteroatoms. The van der Waals surface area contributed by atoms with E-state index in [-0.39, 0.29) is 24.1 Å². The Morgan fingerprint density at radius 2 is 1.88 bits per heavy atom. The zero-order valence-corrected chi connectivity index (χ0v) is 15.3. The normalized spacial score (nSPS) is 22.6. The van der Waals surface area contributed by atoms with Gasteiger partial charge in [-0.05, 0) is 48.9 Å². The van der Waals surface area contributed by atoms with Gasteiger partial charge in [0.1, 0.15) is 0 Å². The van der Waals surface area contributed by atoms with E-state index >= 15 is 0 Å². The van der Waals surface area contributed by atoms with Crippen LogP contribution >= 0.6 is 23.2 Å². The number of nitrogens with zero attached hydrogens (tertiary/aromatic N) is 3. The Labute approximate surface area is 160 Å². The van der Waals surface area contributed by atoms with Gasteiger partial charge in [0.25, 0.3) is 5.91 Å². The number of rotatable bonds is 4. The van der Waals surface area contributed by atoms with Crippen molar-refractivity contribution in [2.45, 2.75) is 12.8 Å². The first-order valence-corrected chi connectivity index (χ1v) is 9.23. The van der Waals surface area contributed by atoms with Crippen molar-refractivity contribution >= 4 is 35.1 Å². The van der Waals surface area contributed by atoms with Crippen LogP contribution in [-0.4, -0.2) is 44.8 Å². The molecule has 0 bridgehead atoms. The molecule has 2 heterocycles. The van der Waals surface area contributed by atoms with Crippen LogP contribution in [0.1, 0.15) is 23.3 Å². The summed E-state index contributed by atoms with van der Waals surface area (Å²) >= 11 is 12.0. The van der Waals surface area contributed by atoms with E-state index in [0.29, 0.717) is 28.2 Å². The molecule has 1 N–H and O–H groups in total. The van der Waals surface area contributed by atoms with E-state index in [2.05, 4.69) is 5.10 Å². The van der Waals surface area contributed by atoms with Crippen molar-refractivity contribution in [3.63, 3.8) is 0 Å². The van der Waals surface area contributed by atoms with Crippen molar-refractivity contribution in [1.29, 1.82) is 0 Å². The molecule has 0 radical (unpaired) electrons. The highest BCUT2D eigenvalue weighted by atomic mass is 35.5. The molecule has 0 unspecified atom stereocenters. The highest BCUT2D eigenvalue weighted by Gasteiger charge is 2.47. The molecular weight excluding hydrogens is 377 g/mol. The van der Waals surface area contributed by atoms with Crippen molar-refractivity contribution in [1.82, 2.24) is 14.7 Å². The van der Waals surface area contributed by atoms with Crippen LogP contribution in [0.2, 0.25) is 10.0 Å². The Bertz CT molecular complexity index is 878. The number of carbonyl (C=O) groups is 2. The Hall–Kier alpha value is -2.05. The zero-order chi connectivity index (χ0) is 18.4. The molecule has 6 nitrogen and oxygen atoms in total. The topological polar surface area (TPSA) is 75.4 Å². The van der Waals surface area contributed by atoms with Crippen molar-refractivity contribution in [3.8, 4) is 5.69 Å². The minimum atomic E-state index is -0.821. The average molecular weight is 394 g/mol. The number of carboxylic acids is 1. The molecule has 1 aliphatic carbocycles. The van der Waals surface area contributed by atoms with Gasteiger partial charge < -0.3 is 10.0 Å². The second-order valence-corrected chi connectivity index (χ2v) is 7.71. The molecule has 2 aromatic rings. The Kier molecular flexibility index (Phi) is 4.40. The summed E-state index contributed by atoms with van der Waals surface area (Å²) in [6.07, 6.45) is 3.79. The SMILES string of the molecule is O=C(O)[C@H]1CN(C(=O)c2ccn(-c3ccc(Cl)c(Cl)c3)n2)C[C@@H]1C1CC1. The molecule has 2 fully saturated rings. The molecule has 1 aromatic carbocycles. The lowest BCUT2D eigenvalue weighted by Crippen LogP contribution is -2.30. The smallest absolute Gasteiger partial charge is 0.308 e. The Morgan fingerprint density at radius 3 is 2.54 bits per heavy atom. The standard InChI is InChI=1S/C18H17Cl2N3O3/c19-14-4-3-11(7-15(14)20)23-6-5-16(21-23)17(24)22-8-12(10-1-2-10)13(9-22)18(25)26/h3-7,10,12-13H,1-2,8-9H2,(H,25,26)/t12-,13+/m1/s1. The second kappa shape index (κ2) is 6.59. The van der Waals surface area contributed by atoms with E-state index < -0.39 is 11.9 Å². The first-order valence-electron chi connectivity index (χ1n) is 8.47. The molecule has 0 spiro atoms. The van der Waals surface area contributed by atoms with Gasteiger partial charge >= 0.3 is 5.97 Å². The fourth-order valence-corrected chi connectivity index (χ4v) is 3.92. The summed E-state index contributed by atoms with van der Waals surface area (Å²) in [6, 6.07) is 6.73. The van der Waals surface area contributed by atoms with Gasteiger partial charge in [-0.1, -0.05) is 23.2 Å². The van der Waals surface area contributed by atoms with Crippen LogP contribution in [0.15, 0.2) is 30.5 Å². The lowest BCUT2D eigenvalue weighted by molar-refractivity contribution is -0.142. The predicted molar refractivity (Wildman–Crippen MR) is 96.8 cm³/mol. The number of likely N-dealkylation sites (tertiary alicyclic amines) is 1. The van der Waals surface area contributed by atoms with Crippen LogP contribution in [-0.2, 0) is 4.79 Å². The van der Waals surface area contributed by atoms with Crippen LogP contribution in [0.4, 0.5) is 0 Å². The van der Waals surface area contributed by atoms with Crippen LogP contribution in [0.3, 0.4) is 0 Å². The fourth-order valence-electron chi connectivity index (χ4n) is 3.63. The van der Waals surface area contributed by atoms with E-state index in [1.54, 1.807) is 40.0 Å². The lowest BCUT2D eigenvalue weighted by Gasteiger charge is -2.14. The average Bonchev–Trinajstić information content (AvgIpc) is 3.17. The minimum Gasteiger partial charge on any atom is -0.481 e. The van der Waals surface area contributed by atoms with Crippen molar-refractivity contribution in [2.75, 3.05) is 13.1 Å². The maximum Gasteiger partial charge on any atom is 0.308 e. The Morgan fingerprint density at radius 1 is 1.12 bits per heavy atom. The minimum absolute atomic E-state index is 0.0496. The number of carbonyl (C=O) groups excluding carboxylic acids is 1. The van der Waals surface area contributed by atoms with E-state index in [1.807, 2.05) is 0 Å². The number of aliphatic carboxylic acids is 1. The van der Waals surface area contributed by atoms with Gasteiger partial charge in [0.2, 0.25) is 0 Å². The number of halogens is 2. The van der Waals surface area contributed by atoms with Crippen molar-refractivity contribution in [3.05, 3.63) is 46.2 Å². The van der Waals surface area contributed by atoms with E-state index in [1.165, 1.54) is 0 Å². The molecule has 136 valence electrons. The molecule has 1 aliphatic heterocycles. The maximum atomic E-state index is 12.8. The molecular formula is C18H17Cl2N3O3. The van der Waals surface area contributed by atoms with E-state index in [0.717, 1.165) is 12.8 Å². The van der Waals surface area contributed by atoms with Crippen LogP contribution in [0.25, 0.3) is 5.69 Å². The zero-order valence-electron chi connectivity index (χ0n) is 13.8. The number of hydrogen-bond acceptors (Lipinski definition) is 3. The van der Waals surface area contributed by atoms with Gasteiger partial charge in [0, 0.05) is 19.3 Å². The highest BCUT2D eigenvalue weighted by molar-refractivity contribution is 6.42. The van der Waals surface area contributed by atoms with Crippen molar-refractivity contribution < 1.29 is 14.7 Å². The molecule has 1 amide bonds. The Balaban J connectivity index is 1.53. The van der Waals surface area contributed by atoms with Gasteiger partial charge in [-0.3, -0.25) is 9.59 Å². The summed E-state index contributed by atoms with van der Waals surface area (Å²) in [5.74, 6) is -1.06. The third kappa shape index (κ3) is 3.19. The summed E-state index contributed by atoms with van der Waals surface area (Å²) in [5, 5.41) is 14.6. The first kappa shape index (κ1) is 17.4. The quantitative estimate of drug-likeness (QED) is 0.863. The summed E-state index contributed by atoms with van der Waals surface area (Å²) in [6.45, 7) is 0.731. The second-order valence-electron chi connectivity index (χ2n) is 6.90. The lowest BCUT2D eigenvalue weighted by atomic mass is 9.92. The number of amides is 1. The third-order valence-electron chi connectivity index (χ3n) is 5.17. The molecule has 26 heavy (non-hydrogen) atoms. The molecule has 1 saturated heterocycles. The number of carboxylic acid groups (broad SMARTS) is 1. The summed E-state index contributed by atoms with van der Waals surface area (Å²) in [7, 11) is 0. The van der Waals surface area contributed by atoms with Gasteiger partial charge in [0.15, 0.2) is 5.69 Å². The van der Waals surface area contributed by atoms with Crippen molar-refractivity contribution in [2.24, 2.45) is 17.8 Å². The van der Waals surface area contributed by atoms with E-state index in [9.17, 15) is 14.7 Å². The summed E-state index contributed by atoms with van der Waals surface area (Å²) in [4.78, 5) is 25.9. The third-order valence-corrected chi connectivity index (χ3v) is 5.91. The monoisotopic (exact) mass is 393 g/mol. The van der Waals surface area contributed by atoms with Gasteiger partial charge in [0.05, 0.1) is 21.7 Å². The van der Waals surface area contributed by atoms with Crippen LogP contribution in [0.5, 0.6) is 0 Å². The number of benzene rings is 1. The van der Waals surface area contributed by atoms with Gasteiger partial charge in [-0.15, -0.1) is 0 Å². The molecule has 1 aromatic heterocycles. The summed E-state index contributed by atoms with van der Waals surface area (Å²) < 4.78 is 1.55. The van der Waals surface area contributed by atoms with Gasteiger partial charge in [-0.2, -0.15) is 5.10 Å². The fraction of sp³-hybridized carbons (Fsp3) is 0.389. The molecule has 2 aliphatic rings. The van der Waals surface area contributed by atoms with E-state index in [4.69, 9.17) is 23.2 Å². The molecule has 1 saturated carbocycles. The van der Waals surface area contributed by atoms with Crippen LogP contribution in [0, 0.1) is 17.8 Å². The largest absolute Gasteiger partial charge is 0.481 e. The number of aromatic nitrogens is 2. The highest BCUT2D eigenvalue weighted by Crippen LogP contribution is 2.44. The maximum absolute atomic E-state index is 12.8. The predicted octanol–water partition coefficient (Wildman–Crippen LogP) is 3.36. The van der Waals surface area contributed by atoms with Crippen LogP contribution < -0.4 is 0 Å². The van der Waals surface area contributed by atoms with Gasteiger partial charge in [-0.25, -0.2) is 4.68 Å².